The summed E-state index contributed by atoms with van der Waals surface area (Å²) in [5.74, 6) is 0.187. The van der Waals surface area contributed by atoms with E-state index in [4.69, 9.17) is 5.11 Å². The standard InChI is InChI=1S/C12H24N2O2/c1-3-13-9-10(2)12(16)14(7-8-15)11-5-4-6-11/h10-11,13,15H,3-9H2,1-2H3. The molecular weight excluding hydrogens is 204 g/mol. The predicted molar refractivity (Wildman–Crippen MR) is 64.1 cm³/mol. The molecule has 1 unspecified atom stereocenters. The summed E-state index contributed by atoms with van der Waals surface area (Å²) >= 11 is 0. The van der Waals surface area contributed by atoms with Crippen molar-refractivity contribution in [1.82, 2.24) is 10.2 Å². The van der Waals surface area contributed by atoms with Gasteiger partial charge in [-0.25, -0.2) is 0 Å². The number of hydrogen-bond acceptors (Lipinski definition) is 3. The van der Waals surface area contributed by atoms with Gasteiger partial charge in [-0.15, -0.1) is 0 Å². The fraction of sp³-hybridized carbons (Fsp3) is 0.917. The molecule has 4 nitrogen and oxygen atoms in total. The summed E-state index contributed by atoms with van der Waals surface area (Å²) in [5.41, 5.74) is 0. The summed E-state index contributed by atoms with van der Waals surface area (Å²) in [5, 5.41) is 12.2. The van der Waals surface area contributed by atoms with Crippen LogP contribution in [0, 0.1) is 5.92 Å². The van der Waals surface area contributed by atoms with Crippen LogP contribution in [0.5, 0.6) is 0 Å². The van der Waals surface area contributed by atoms with E-state index in [1.54, 1.807) is 0 Å². The lowest BCUT2D eigenvalue weighted by atomic mass is 9.90. The maximum Gasteiger partial charge on any atom is 0.227 e. The van der Waals surface area contributed by atoms with Gasteiger partial charge >= 0.3 is 0 Å². The molecule has 0 saturated heterocycles. The van der Waals surface area contributed by atoms with Crippen LogP contribution in [0.15, 0.2) is 0 Å². The van der Waals surface area contributed by atoms with Gasteiger partial charge in [0.25, 0.3) is 0 Å². The molecule has 0 bridgehead atoms. The van der Waals surface area contributed by atoms with Gasteiger partial charge in [0.15, 0.2) is 0 Å². The van der Waals surface area contributed by atoms with Crippen molar-refractivity contribution in [2.75, 3.05) is 26.2 Å². The van der Waals surface area contributed by atoms with Crippen LogP contribution >= 0.6 is 0 Å². The van der Waals surface area contributed by atoms with Crippen molar-refractivity contribution in [2.45, 2.75) is 39.2 Å². The van der Waals surface area contributed by atoms with Crippen LogP contribution in [0.1, 0.15) is 33.1 Å². The van der Waals surface area contributed by atoms with Gasteiger partial charge in [0.1, 0.15) is 0 Å². The minimum Gasteiger partial charge on any atom is -0.395 e. The van der Waals surface area contributed by atoms with Crippen molar-refractivity contribution in [2.24, 2.45) is 5.92 Å². The van der Waals surface area contributed by atoms with Gasteiger partial charge < -0.3 is 15.3 Å². The van der Waals surface area contributed by atoms with E-state index in [1.807, 2.05) is 18.7 Å². The minimum atomic E-state index is 0.00657. The number of hydrogen-bond donors (Lipinski definition) is 2. The van der Waals surface area contributed by atoms with Gasteiger partial charge in [0.2, 0.25) is 5.91 Å². The van der Waals surface area contributed by atoms with Crippen molar-refractivity contribution < 1.29 is 9.90 Å². The van der Waals surface area contributed by atoms with E-state index in [0.717, 1.165) is 25.9 Å². The average molecular weight is 228 g/mol. The van der Waals surface area contributed by atoms with Crippen LogP contribution in [0.3, 0.4) is 0 Å². The lowest BCUT2D eigenvalue weighted by Gasteiger charge is -2.38. The summed E-state index contributed by atoms with van der Waals surface area (Å²) in [4.78, 5) is 14.0. The Hall–Kier alpha value is -0.610. The number of nitrogens with one attached hydrogen (secondary N) is 1. The molecule has 0 aromatic carbocycles. The van der Waals surface area contributed by atoms with Crippen molar-refractivity contribution >= 4 is 5.91 Å². The highest BCUT2D eigenvalue weighted by Gasteiger charge is 2.30. The van der Waals surface area contributed by atoms with E-state index in [-0.39, 0.29) is 18.4 Å². The molecule has 94 valence electrons. The number of nitrogens with zero attached hydrogens (tertiary/aromatic N) is 1. The molecule has 1 fully saturated rings. The molecule has 4 heteroatoms. The van der Waals surface area contributed by atoms with Crippen LogP contribution < -0.4 is 5.32 Å². The molecule has 16 heavy (non-hydrogen) atoms. The molecule has 0 aromatic rings. The lowest BCUT2D eigenvalue weighted by Crippen LogP contribution is -2.49. The molecule has 0 radical (unpaired) electrons. The van der Waals surface area contributed by atoms with Crippen molar-refractivity contribution in [3.05, 3.63) is 0 Å². The number of aliphatic hydroxyl groups is 1. The van der Waals surface area contributed by atoms with Crippen molar-refractivity contribution in [3.63, 3.8) is 0 Å². The maximum absolute atomic E-state index is 12.1. The third-order valence-corrected chi connectivity index (χ3v) is 3.26. The Balaban J connectivity index is 2.45. The molecule has 1 aliphatic carbocycles. The fourth-order valence-corrected chi connectivity index (χ4v) is 2.01. The zero-order valence-electron chi connectivity index (χ0n) is 10.4. The SMILES string of the molecule is CCNCC(C)C(=O)N(CCO)C1CCC1. The molecule has 0 heterocycles. The van der Waals surface area contributed by atoms with Crippen LogP contribution in [-0.4, -0.2) is 48.2 Å². The summed E-state index contributed by atoms with van der Waals surface area (Å²) in [7, 11) is 0. The highest BCUT2D eigenvalue weighted by molar-refractivity contribution is 5.79. The molecule has 1 aliphatic rings. The monoisotopic (exact) mass is 228 g/mol. The zero-order chi connectivity index (χ0) is 12.0. The first-order valence-electron chi connectivity index (χ1n) is 6.32. The van der Waals surface area contributed by atoms with Gasteiger partial charge in [-0.3, -0.25) is 4.79 Å². The normalized spacial score (nSPS) is 17.9. The largest absolute Gasteiger partial charge is 0.395 e. The fourth-order valence-electron chi connectivity index (χ4n) is 2.01. The van der Waals surface area contributed by atoms with Crippen molar-refractivity contribution in [1.29, 1.82) is 0 Å². The van der Waals surface area contributed by atoms with Crippen LogP contribution in [0.25, 0.3) is 0 Å². The Bertz CT molecular complexity index is 217. The zero-order valence-corrected chi connectivity index (χ0v) is 10.4. The molecule has 0 spiro atoms. The van der Waals surface area contributed by atoms with Gasteiger partial charge in [-0.1, -0.05) is 13.8 Å². The number of amides is 1. The molecule has 1 atom stereocenters. The second-order valence-electron chi connectivity index (χ2n) is 4.55. The molecule has 1 saturated carbocycles. The Morgan fingerprint density at radius 1 is 1.56 bits per heavy atom. The van der Waals surface area contributed by atoms with Gasteiger partial charge in [-0.05, 0) is 25.8 Å². The Kier molecular flexibility index (Phi) is 5.77. The highest BCUT2D eigenvalue weighted by atomic mass is 16.3. The molecule has 1 amide bonds. The van der Waals surface area contributed by atoms with E-state index in [1.165, 1.54) is 6.42 Å². The highest BCUT2D eigenvalue weighted by Crippen LogP contribution is 2.25. The Morgan fingerprint density at radius 2 is 2.25 bits per heavy atom. The molecule has 0 aromatic heterocycles. The topological polar surface area (TPSA) is 52.6 Å². The first-order valence-corrected chi connectivity index (χ1v) is 6.32. The van der Waals surface area contributed by atoms with E-state index in [2.05, 4.69) is 5.32 Å². The van der Waals surface area contributed by atoms with E-state index >= 15 is 0 Å². The average Bonchev–Trinajstić information content (AvgIpc) is 2.21. The van der Waals surface area contributed by atoms with E-state index in [9.17, 15) is 4.79 Å². The minimum absolute atomic E-state index is 0.00657. The second kappa shape index (κ2) is 6.86. The lowest BCUT2D eigenvalue weighted by molar-refractivity contribution is -0.139. The van der Waals surface area contributed by atoms with Crippen LogP contribution in [0.4, 0.5) is 0 Å². The van der Waals surface area contributed by atoms with Crippen LogP contribution in [-0.2, 0) is 4.79 Å². The van der Waals surface area contributed by atoms with Gasteiger partial charge in [0, 0.05) is 25.0 Å². The first-order chi connectivity index (χ1) is 7.70. The number of carbonyl (C=O) groups is 1. The smallest absolute Gasteiger partial charge is 0.227 e. The number of carbonyl (C=O) groups excluding carboxylic acids is 1. The number of rotatable bonds is 7. The van der Waals surface area contributed by atoms with E-state index < -0.39 is 0 Å². The molecular formula is C12H24N2O2. The Labute approximate surface area is 98.0 Å². The third-order valence-electron chi connectivity index (χ3n) is 3.26. The Morgan fingerprint density at radius 3 is 2.69 bits per heavy atom. The summed E-state index contributed by atoms with van der Waals surface area (Å²) in [6, 6.07) is 0.378. The molecule has 2 N–H and O–H groups in total. The number of aliphatic hydroxyl groups excluding tert-OH is 1. The van der Waals surface area contributed by atoms with E-state index in [0.29, 0.717) is 12.6 Å². The van der Waals surface area contributed by atoms with Crippen molar-refractivity contribution in [3.8, 4) is 0 Å². The second-order valence-corrected chi connectivity index (χ2v) is 4.55. The summed E-state index contributed by atoms with van der Waals surface area (Å²) in [6.07, 6.45) is 3.40. The van der Waals surface area contributed by atoms with Gasteiger partial charge in [-0.2, -0.15) is 0 Å². The maximum atomic E-state index is 12.1. The quantitative estimate of drug-likeness (QED) is 0.671. The molecule has 0 aliphatic heterocycles. The van der Waals surface area contributed by atoms with Gasteiger partial charge in [0.05, 0.1) is 6.61 Å². The van der Waals surface area contributed by atoms with Crippen LogP contribution in [0.2, 0.25) is 0 Å². The molecule has 1 rings (SSSR count). The summed E-state index contributed by atoms with van der Waals surface area (Å²) in [6.45, 7) is 6.16. The summed E-state index contributed by atoms with van der Waals surface area (Å²) < 4.78 is 0. The predicted octanol–water partition coefficient (Wildman–Crippen LogP) is 0.605. The third kappa shape index (κ3) is 3.46. The first kappa shape index (κ1) is 13.5.